The molecule has 3 heteroatoms. The van der Waals surface area contributed by atoms with E-state index in [1.807, 2.05) is 0 Å². The maximum absolute atomic E-state index is 10.4. The minimum absolute atomic E-state index is 0. The second kappa shape index (κ2) is 49.4. The molecule has 0 aliphatic carbocycles. The molecule has 0 N–H and O–H groups in total. The van der Waals surface area contributed by atoms with Crippen LogP contribution in [0.2, 0.25) is 0 Å². The molecule has 0 aromatic heterocycles. The first kappa shape index (κ1) is 68.9. The van der Waals surface area contributed by atoms with Crippen molar-refractivity contribution < 1.29 is 21.3 Å². The van der Waals surface area contributed by atoms with Crippen LogP contribution in [0.4, 0.5) is 0 Å². The van der Waals surface area contributed by atoms with Gasteiger partial charge in [-0.1, -0.05) is 221 Å². The summed E-state index contributed by atoms with van der Waals surface area (Å²) < 4.78 is 0. The number of unbranched alkanes of at least 4 members (excludes halogenated alkanes) is 22. The van der Waals surface area contributed by atoms with Crippen molar-refractivity contribution in [1.29, 1.82) is 0 Å². The van der Waals surface area contributed by atoms with Crippen LogP contribution in [0.25, 0.3) is 11.1 Å². The van der Waals surface area contributed by atoms with E-state index in [4.69, 9.17) is 0 Å². The third kappa shape index (κ3) is 29.8. The van der Waals surface area contributed by atoms with Crippen LogP contribution in [0, 0.1) is 13.8 Å². The van der Waals surface area contributed by atoms with Crippen molar-refractivity contribution in [2.24, 2.45) is 0 Å². The van der Waals surface area contributed by atoms with E-state index < -0.39 is 0 Å². The van der Waals surface area contributed by atoms with Gasteiger partial charge in [0.2, 0.25) is 0 Å². The molecule has 0 atom stereocenters. The summed E-state index contributed by atoms with van der Waals surface area (Å²) >= 11 is 0. The summed E-state index contributed by atoms with van der Waals surface area (Å²) in [6, 6.07) is 10.7. The minimum atomic E-state index is 0. The van der Waals surface area contributed by atoms with E-state index in [9.17, 15) is 5.53 Å². The Bertz CT molecular complexity index is 1560. The fourth-order valence-electron chi connectivity index (χ4n) is 10.2. The number of allylic oxidation sites excluding steroid dienone is 2. The first-order valence-corrected chi connectivity index (χ1v) is 29.9. The molecular formula is C66H114N2Ni. The van der Waals surface area contributed by atoms with E-state index in [1.54, 1.807) is 47.2 Å². The Morgan fingerprint density at radius 1 is 0.377 bits per heavy atom. The largest absolute Gasteiger partial charge is 2.00 e. The van der Waals surface area contributed by atoms with Crippen molar-refractivity contribution in [3.63, 3.8) is 0 Å². The van der Waals surface area contributed by atoms with Crippen LogP contribution in [0.5, 0.6) is 0 Å². The fourth-order valence-corrected chi connectivity index (χ4v) is 10.2. The molecule has 0 aliphatic heterocycles. The third-order valence-corrected chi connectivity index (χ3v) is 14.1. The van der Waals surface area contributed by atoms with E-state index in [0.29, 0.717) is 0 Å². The van der Waals surface area contributed by atoms with Crippen LogP contribution in [-0.4, -0.2) is 10.7 Å². The van der Waals surface area contributed by atoms with Crippen molar-refractivity contribution >= 4 is 11.4 Å². The third-order valence-electron chi connectivity index (χ3n) is 14.1. The van der Waals surface area contributed by atoms with Crippen molar-refractivity contribution in [1.82, 2.24) is 0 Å². The molecule has 0 saturated heterocycles. The minimum Gasteiger partial charge on any atom is -0.348 e. The molecule has 2 nitrogen and oxygen atoms in total. The Labute approximate surface area is 442 Å². The van der Waals surface area contributed by atoms with Gasteiger partial charge in [0.25, 0.3) is 0 Å². The predicted molar refractivity (Wildman–Crippen MR) is 308 cm³/mol. The van der Waals surface area contributed by atoms with Crippen LogP contribution in [0.1, 0.15) is 319 Å². The van der Waals surface area contributed by atoms with Crippen molar-refractivity contribution in [3.05, 3.63) is 99.3 Å². The Morgan fingerprint density at radius 3 is 1.01 bits per heavy atom. The molecule has 69 heavy (non-hydrogen) atoms. The standard InChI is InChI=1S/C62H104N2.2C2H5.Ni/c1-9-17-25-30-32-36-43-56(51-64-63)61(46-38-33-31-26-18-10-2)62(57-47-52(39-22-14-6)59(44-24-16-8)53(48-57)40-23-15-7)58-49-54(41-34-27-19-11-3)60(45-37-29-21-13-5)55(50-58)42-35-28-20-12-4;2*1-2;/h47-50H,9-46H2,1-8H3;2*1H2,2H3;/q;2*-1;+2. The average Bonchev–Trinajstić information content (AvgIpc) is 3.36. The van der Waals surface area contributed by atoms with Gasteiger partial charge in [-0.3, -0.25) is 0 Å². The number of benzene rings is 2. The van der Waals surface area contributed by atoms with Crippen LogP contribution in [0.3, 0.4) is 0 Å². The molecule has 0 saturated carbocycles. The van der Waals surface area contributed by atoms with Gasteiger partial charge in [0, 0.05) is 0 Å². The predicted octanol–water partition coefficient (Wildman–Crippen LogP) is 21.9. The summed E-state index contributed by atoms with van der Waals surface area (Å²) in [4.78, 5) is 3.78. The van der Waals surface area contributed by atoms with Crippen LogP contribution in [-0.2, 0) is 55.0 Å². The van der Waals surface area contributed by atoms with Crippen molar-refractivity contribution in [2.45, 2.75) is 313 Å². The van der Waals surface area contributed by atoms with Gasteiger partial charge in [0.15, 0.2) is 0 Å². The molecule has 0 aliphatic rings. The summed E-state index contributed by atoms with van der Waals surface area (Å²) in [6.07, 6.45) is 47.2. The van der Waals surface area contributed by atoms with Crippen LogP contribution < -0.4 is 0 Å². The zero-order chi connectivity index (χ0) is 50.5. The van der Waals surface area contributed by atoms with Gasteiger partial charge in [-0.25, -0.2) is 0 Å². The number of aryl methyl sites for hydroxylation is 4. The van der Waals surface area contributed by atoms with Crippen molar-refractivity contribution in [2.75, 3.05) is 0 Å². The number of nitrogens with zero attached hydrogens (tertiary/aromatic N) is 2. The fraction of sp³-hybridized carbons (Fsp3) is 0.727. The van der Waals surface area contributed by atoms with Gasteiger partial charge in [-0.05, 0) is 158 Å². The number of rotatable bonds is 41. The zero-order valence-electron chi connectivity index (χ0n) is 47.8. The van der Waals surface area contributed by atoms with Gasteiger partial charge < -0.3 is 19.4 Å². The van der Waals surface area contributed by atoms with Crippen LogP contribution in [0.15, 0.2) is 35.4 Å². The Kier molecular flexibility index (Phi) is 49.4. The van der Waals surface area contributed by atoms with Crippen LogP contribution >= 0.6 is 0 Å². The maximum atomic E-state index is 10.4. The quantitative estimate of drug-likeness (QED) is 0.0121. The smallest absolute Gasteiger partial charge is 0.348 e. The molecule has 0 amide bonds. The maximum Gasteiger partial charge on any atom is 2.00 e. The molecular weight excluding hydrogens is 879 g/mol. The summed E-state index contributed by atoms with van der Waals surface area (Å²) in [6.45, 7) is 28.7. The zero-order valence-corrected chi connectivity index (χ0v) is 48.8. The summed E-state index contributed by atoms with van der Waals surface area (Å²) in [7, 11) is 0. The van der Waals surface area contributed by atoms with E-state index in [0.717, 1.165) is 37.7 Å². The van der Waals surface area contributed by atoms with Gasteiger partial charge in [-0.15, -0.1) is 4.79 Å². The molecule has 0 bridgehead atoms. The SMILES string of the molecule is CCCCCCCCC(=C=[N+]=[N-])C(CCCCCCCC)=C(c1cc(CCCC)c(CCCC)c(CCCC)c1)c1cc(CCCCCC)c(CCCCCC)c(CCCCCC)c1.[CH2-]C.[CH2-]C.[Ni+2]. The monoisotopic (exact) mass is 993 g/mol. The molecule has 0 heterocycles. The van der Waals surface area contributed by atoms with E-state index >= 15 is 0 Å². The van der Waals surface area contributed by atoms with E-state index in [1.165, 1.54) is 234 Å². The number of hydrogen-bond acceptors (Lipinski definition) is 0. The Balaban J connectivity index is 0. The molecule has 0 radical (unpaired) electrons. The Hall–Kier alpha value is -2.17. The van der Waals surface area contributed by atoms with E-state index in [2.05, 4.69) is 104 Å². The van der Waals surface area contributed by atoms with Crippen molar-refractivity contribution in [3.8, 4) is 0 Å². The molecule has 0 unspecified atom stereocenters. The summed E-state index contributed by atoms with van der Waals surface area (Å²) in [5, 5.41) is 0. The average molecular weight is 994 g/mol. The first-order valence-electron chi connectivity index (χ1n) is 29.9. The second-order valence-electron chi connectivity index (χ2n) is 19.9. The molecule has 2 aromatic rings. The van der Waals surface area contributed by atoms with Gasteiger partial charge in [-0.2, -0.15) is 13.8 Å². The summed E-state index contributed by atoms with van der Waals surface area (Å²) in [5.41, 5.74) is 27.1. The Morgan fingerprint density at radius 2 is 0.652 bits per heavy atom. The van der Waals surface area contributed by atoms with Gasteiger partial charge in [0.1, 0.15) is 0 Å². The molecule has 398 valence electrons. The molecule has 2 rings (SSSR count). The topological polar surface area (TPSA) is 36.4 Å². The normalized spacial score (nSPS) is 11.1. The second-order valence-corrected chi connectivity index (χ2v) is 19.9. The molecule has 0 spiro atoms. The molecule has 2 aromatic carbocycles. The first-order chi connectivity index (χ1) is 33.5. The van der Waals surface area contributed by atoms with Gasteiger partial charge >= 0.3 is 22.4 Å². The number of hydrogen-bond donors (Lipinski definition) is 0. The summed E-state index contributed by atoms with van der Waals surface area (Å²) in [5.74, 6) is 3.32. The molecule has 0 fully saturated rings. The van der Waals surface area contributed by atoms with Gasteiger partial charge in [0.05, 0.1) is 5.57 Å². The van der Waals surface area contributed by atoms with E-state index in [-0.39, 0.29) is 16.5 Å².